The van der Waals surface area contributed by atoms with Crippen LogP contribution in [0.2, 0.25) is 0 Å². The van der Waals surface area contributed by atoms with Crippen molar-refractivity contribution in [2.24, 2.45) is 5.73 Å². The molecule has 2 rings (SSSR count). The van der Waals surface area contributed by atoms with Crippen molar-refractivity contribution in [3.8, 4) is 6.07 Å². The molecule has 5 heteroatoms. The molecule has 0 aliphatic carbocycles. The molecule has 1 saturated heterocycles. The van der Waals surface area contributed by atoms with E-state index in [1.165, 1.54) is 0 Å². The van der Waals surface area contributed by atoms with Gasteiger partial charge in [-0.15, -0.1) is 0 Å². The third-order valence-corrected chi connectivity index (χ3v) is 3.75. The van der Waals surface area contributed by atoms with Crippen molar-refractivity contribution < 1.29 is 4.79 Å². The van der Waals surface area contributed by atoms with Crippen LogP contribution in [-0.4, -0.2) is 43.5 Å². The quantitative estimate of drug-likeness (QED) is 0.889. The van der Waals surface area contributed by atoms with Gasteiger partial charge < -0.3 is 10.6 Å². The maximum atomic E-state index is 12.3. The average molecular weight is 272 g/mol. The minimum Gasteiger partial charge on any atom is -0.328 e. The van der Waals surface area contributed by atoms with Gasteiger partial charge in [0.1, 0.15) is 6.07 Å². The lowest BCUT2D eigenvalue weighted by Gasteiger charge is -2.31. The molecule has 0 unspecified atom stereocenters. The summed E-state index contributed by atoms with van der Waals surface area (Å²) in [6.45, 7) is 2.10. The van der Waals surface area contributed by atoms with E-state index >= 15 is 0 Å². The van der Waals surface area contributed by atoms with Crippen LogP contribution in [0.1, 0.15) is 18.4 Å². The Morgan fingerprint density at radius 2 is 2.10 bits per heavy atom. The number of likely N-dealkylation sites (tertiary alicyclic amines) is 1. The van der Waals surface area contributed by atoms with Gasteiger partial charge in [0.2, 0.25) is 5.91 Å². The zero-order valence-corrected chi connectivity index (χ0v) is 11.7. The molecule has 1 aromatic carbocycles. The molecule has 1 aliphatic rings. The van der Waals surface area contributed by atoms with E-state index in [4.69, 9.17) is 11.0 Å². The number of carbonyl (C=O) groups is 1. The van der Waals surface area contributed by atoms with Gasteiger partial charge in [0.15, 0.2) is 0 Å². The first-order chi connectivity index (χ1) is 9.61. The summed E-state index contributed by atoms with van der Waals surface area (Å²) in [4.78, 5) is 16.0. The van der Waals surface area contributed by atoms with E-state index in [1.54, 1.807) is 30.1 Å². The summed E-state index contributed by atoms with van der Waals surface area (Å²) in [7, 11) is 1.72. The normalized spacial score (nSPS) is 16.6. The van der Waals surface area contributed by atoms with Crippen LogP contribution in [0.5, 0.6) is 0 Å². The van der Waals surface area contributed by atoms with Crippen LogP contribution in [0.15, 0.2) is 24.3 Å². The van der Waals surface area contributed by atoms with Crippen LogP contribution in [-0.2, 0) is 4.79 Å². The molecule has 0 radical (unpaired) electrons. The van der Waals surface area contributed by atoms with Gasteiger partial charge in [0, 0.05) is 26.2 Å². The number of rotatable bonds is 3. The van der Waals surface area contributed by atoms with Crippen LogP contribution in [0.25, 0.3) is 0 Å². The fourth-order valence-electron chi connectivity index (χ4n) is 2.40. The number of nitriles is 1. The second-order valence-electron chi connectivity index (χ2n) is 5.20. The first-order valence-electron chi connectivity index (χ1n) is 6.85. The van der Waals surface area contributed by atoms with Crippen LogP contribution in [0.3, 0.4) is 0 Å². The zero-order valence-electron chi connectivity index (χ0n) is 11.7. The van der Waals surface area contributed by atoms with Crippen LogP contribution >= 0.6 is 0 Å². The van der Waals surface area contributed by atoms with E-state index in [0.29, 0.717) is 17.8 Å². The maximum Gasteiger partial charge on any atom is 0.240 e. The van der Waals surface area contributed by atoms with Crippen molar-refractivity contribution >= 4 is 11.6 Å². The molecule has 106 valence electrons. The highest BCUT2D eigenvalue weighted by molar-refractivity contribution is 5.95. The van der Waals surface area contributed by atoms with E-state index in [-0.39, 0.29) is 11.9 Å². The van der Waals surface area contributed by atoms with Crippen LogP contribution in [0, 0.1) is 11.3 Å². The zero-order chi connectivity index (χ0) is 14.5. The summed E-state index contributed by atoms with van der Waals surface area (Å²) in [6.07, 6.45) is 1.87. The third-order valence-electron chi connectivity index (χ3n) is 3.75. The number of benzene rings is 1. The minimum absolute atomic E-state index is 0.00294. The van der Waals surface area contributed by atoms with Crippen LogP contribution in [0.4, 0.5) is 5.69 Å². The highest BCUT2D eigenvalue weighted by Crippen LogP contribution is 2.18. The number of para-hydroxylation sites is 1. The van der Waals surface area contributed by atoms with Crippen molar-refractivity contribution in [1.82, 2.24) is 4.90 Å². The molecule has 1 aliphatic heterocycles. The Kier molecular flexibility index (Phi) is 4.72. The molecule has 0 saturated carbocycles. The summed E-state index contributed by atoms with van der Waals surface area (Å²) in [5, 5.41) is 9.09. The van der Waals surface area contributed by atoms with Gasteiger partial charge in [-0.2, -0.15) is 5.26 Å². The topological polar surface area (TPSA) is 73.4 Å². The van der Waals surface area contributed by atoms with Crippen LogP contribution < -0.4 is 10.6 Å². The van der Waals surface area contributed by atoms with Crippen molar-refractivity contribution in [3.63, 3.8) is 0 Å². The molecule has 1 fully saturated rings. The minimum atomic E-state index is 0.00294. The van der Waals surface area contributed by atoms with Gasteiger partial charge >= 0.3 is 0 Å². The molecular weight excluding hydrogens is 252 g/mol. The molecule has 0 aromatic heterocycles. The van der Waals surface area contributed by atoms with E-state index in [9.17, 15) is 4.79 Å². The number of hydrogen-bond acceptors (Lipinski definition) is 4. The molecule has 1 aromatic rings. The first-order valence-corrected chi connectivity index (χ1v) is 6.85. The Bertz CT molecular complexity index is 515. The smallest absolute Gasteiger partial charge is 0.240 e. The largest absolute Gasteiger partial charge is 0.328 e. The van der Waals surface area contributed by atoms with E-state index < -0.39 is 0 Å². The number of anilines is 1. The number of hydrogen-bond donors (Lipinski definition) is 1. The second kappa shape index (κ2) is 6.51. The van der Waals surface area contributed by atoms with Gasteiger partial charge in [-0.1, -0.05) is 12.1 Å². The van der Waals surface area contributed by atoms with Gasteiger partial charge in [-0.25, -0.2) is 0 Å². The molecule has 20 heavy (non-hydrogen) atoms. The van der Waals surface area contributed by atoms with Crippen molar-refractivity contribution in [3.05, 3.63) is 29.8 Å². The average Bonchev–Trinajstić information content (AvgIpc) is 2.48. The SMILES string of the molecule is CN(C(=O)CN1CCC(N)CC1)c1ccccc1C#N. The van der Waals surface area contributed by atoms with Gasteiger partial charge in [-0.05, 0) is 25.0 Å². The van der Waals surface area contributed by atoms with Gasteiger partial charge in [0.25, 0.3) is 0 Å². The number of piperidine rings is 1. The number of likely N-dealkylation sites (N-methyl/N-ethyl adjacent to an activating group) is 1. The third kappa shape index (κ3) is 3.35. The van der Waals surface area contributed by atoms with E-state index in [0.717, 1.165) is 25.9 Å². The Labute approximate surface area is 119 Å². The molecule has 0 spiro atoms. The lowest BCUT2D eigenvalue weighted by Crippen LogP contribution is -2.45. The summed E-state index contributed by atoms with van der Waals surface area (Å²) in [5.74, 6) is 0.00294. The highest BCUT2D eigenvalue weighted by Gasteiger charge is 2.21. The standard InChI is InChI=1S/C15H20N4O/c1-18(14-5-3-2-4-12(14)10-16)15(20)11-19-8-6-13(17)7-9-19/h2-5,13H,6-9,11,17H2,1H3. The summed E-state index contributed by atoms with van der Waals surface area (Å²) in [5.41, 5.74) is 7.04. The monoisotopic (exact) mass is 272 g/mol. The fourth-order valence-corrected chi connectivity index (χ4v) is 2.40. The van der Waals surface area contributed by atoms with Crippen molar-refractivity contribution in [1.29, 1.82) is 5.26 Å². The molecule has 2 N–H and O–H groups in total. The summed E-state index contributed by atoms with van der Waals surface area (Å²) < 4.78 is 0. The molecular formula is C15H20N4O. The van der Waals surface area contributed by atoms with E-state index in [1.807, 2.05) is 6.07 Å². The lowest BCUT2D eigenvalue weighted by atomic mass is 10.1. The number of nitrogens with zero attached hydrogens (tertiary/aromatic N) is 3. The molecule has 0 atom stereocenters. The van der Waals surface area contributed by atoms with Gasteiger partial charge in [-0.3, -0.25) is 9.69 Å². The Balaban J connectivity index is 2.00. The number of amides is 1. The number of nitrogens with two attached hydrogens (primary N) is 1. The molecule has 1 amide bonds. The van der Waals surface area contributed by atoms with Gasteiger partial charge in [0.05, 0.1) is 17.8 Å². The fraction of sp³-hybridized carbons (Fsp3) is 0.467. The molecule has 5 nitrogen and oxygen atoms in total. The Hall–Kier alpha value is -1.90. The second-order valence-corrected chi connectivity index (χ2v) is 5.20. The molecule has 1 heterocycles. The van der Waals surface area contributed by atoms with Crippen molar-refractivity contribution in [2.75, 3.05) is 31.6 Å². The Morgan fingerprint density at radius 1 is 1.45 bits per heavy atom. The first kappa shape index (κ1) is 14.5. The number of carbonyl (C=O) groups excluding carboxylic acids is 1. The van der Waals surface area contributed by atoms with E-state index in [2.05, 4.69) is 11.0 Å². The predicted molar refractivity (Wildman–Crippen MR) is 78.2 cm³/mol. The molecule has 0 bridgehead atoms. The van der Waals surface area contributed by atoms with Crippen molar-refractivity contribution in [2.45, 2.75) is 18.9 Å². The lowest BCUT2D eigenvalue weighted by molar-refractivity contribution is -0.119. The summed E-state index contributed by atoms with van der Waals surface area (Å²) in [6, 6.07) is 9.53. The predicted octanol–water partition coefficient (Wildman–Crippen LogP) is 0.944. The maximum absolute atomic E-state index is 12.3. The summed E-state index contributed by atoms with van der Waals surface area (Å²) >= 11 is 0. The Morgan fingerprint density at radius 3 is 2.75 bits per heavy atom. The highest BCUT2D eigenvalue weighted by atomic mass is 16.2.